The smallest absolute Gasteiger partial charge is 0.148 e. The number of hydrogen-bond donors (Lipinski definition) is 1. The van der Waals surface area contributed by atoms with Crippen molar-refractivity contribution in [3.8, 4) is 5.75 Å². The molecule has 0 bridgehead atoms. The van der Waals surface area contributed by atoms with Crippen LogP contribution in [0.5, 0.6) is 5.75 Å². The molecule has 3 aromatic carbocycles. The number of benzene rings is 3. The molecule has 0 fully saturated rings. The lowest BCUT2D eigenvalue weighted by Gasteiger charge is -2.15. The second kappa shape index (κ2) is 9.63. The molecular formula is C22H20Br2ClNO. The van der Waals surface area contributed by atoms with Crippen molar-refractivity contribution < 1.29 is 4.74 Å². The Morgan fingerprint density at radius 3 is 2.22 bits per heavy atom. The topological polar surface area (TPSA) is 21.3 Å². The Morgan fingerprint density at radius 1 is 0.926 bits per heavy atom. The quantitative estimate of drug-likeness (QED) is 0.354. The van der Waals surface area contributed by atoms with E-state index in [2.05, 4.69) is 80.5 Å². The lowest BCUT2D eigenvalue weighted by molar-refractivity contribution is 0.302. The van der Waals surface area contributed by atoms with E-state index in [4.69, 9.17) is 16.3 Å². The molecule has 5 heteroatoms. The van der Waals surface area contributed by atoms with Gasteiger partial charge in [0.2, 0.25) is 0 Å². The Morgan fingerprint density at radius 2 is 1.56 bits per heavy atom. The molecule has 0 spiro atoms. The fourth-order valence-electron chi connectivity index (χ4n) is 2.82. The zero-order valence-electron chi connectivity index (χ0n) is 14.9. The Bertz CT molecular complexity index is 907. The van der Waals surface area contributed by atoms with Gasteiger partial charge in [0.1, 0.15) is 12.4 Å². The molecule has 0 amide bonds. The highest BCUT2D eigenvalue weighted by atomic mass is 79.9. The van der Waals surface area contributed by atoms with Crippen LogP contribution in [0, 0.1) is 0 Å². The van der Waals surface area contributed by atoms with Gasteiger partial charge in [-0.3, -0.25) is 0 Å². The average Bonchev–Trinajstić information content (AvgIpc) is 2.67. The highest BCUT2D eigenvalue weighted by Gasteiger charge is 2.11. The Hall–Kier alpha value is -1.49. The molecule has 0 aliphatic heterocycles. The molecule has 27 heavy (non-hydrogen) atoms. The van der Waals surface area contributed by atoms with Crippen molar-refractivity contribution in [2.24, 2.45) is 0 Å². The van der Waals surface area contributed by atoms with E-state index in [9.17, 15) is 0 Å². The predicted molar refractivity (Wildman–Crippen MR) is 121 cm³/mol. The molecule has 3 aromatic rings. The highest BCUT2D eigenvalue weighted by molar-refractivity contribution is 9.11. The van der Waals surface area contributed by atoms with Gasteiger partial charge in [-0.1, -0.05) is 54.9 Å². The van der Waals surface area contributed by atoms with E-state index < -0.39 is 0 Å². The normalized spacial score (nSPS) is 10.7. The van der Waals surface area contributed by atoms with Crippen LogP contribution in [0.1, 0.15) is 23.6 Å². The molecule has 2 nitrogen and oxygen atoms in total. The average molecular weight is 510 g/mol. The largest absolute Gasteiger partial charge is 0.486 e. The molecule has 0 unspecified atom stereocenters. The summed E-state index contributed by atoms with van der Waals surface area (Å²) in [6.45, 7) is 3.32. The Labute approximate surface area is 182 Å². The van der Waals surface area contributed by atoms with Gasteiger partial charge in [0.25, 0.3) is 0 Å². The van der Waals surface area contributed by atoms with Crippen LogP contribution >= 0.6 is 43.5 Å². The number of nitrogens with one attached hydrogen (secondary N) is 1. The minimum absolute atomic E-state index is 0.415. The molecule has 0 atom stereocenters. The number of hydrogen-bond acceptors (Lipinski definition) is 2. The molecule has 1 N–H and O–H groups in total. The zero-order valence-corrected chi connectivity index (χ0v) is 18.9. The third kappa shape index (κ3) is 5.28. The van der Waals surface area contributed by atoms with Crippen LogP contribution in [-0.4, -0.2) is 0 Å². The van der Waals surface area contributed by atoms with Crippen LogP contribution in [0.15, 0.2) is 69.6 Å². The first-order valence-corrected chi connectivity index (χ1v) is 10.7. The van der Waals surface area contributed by atoms with Crippen LogP contribution < -0.4 is 10.1 Å². The lowest BCUT2D eigenvalue weighted by Crippen LogP contribution is -2.03. The van der Waals surface area contributed by atoms with Gasteiger partial charge in [-0.05, 0) is 73.7 Å². The second-order valence-electron chi connectivity index (χ2n) is 6.13. The standard InChI is InChI=1S/C22H20Br2ClNO/c1-2-16-7-4-6-10-21(16)26-13-15-11-18(23)22(19(24)12-15)27-14-17-8-3-5-9-20(17)25/h3-12,26H,2,13-14H2,1H3. The first kappa shape index (κ1) is 20.2. The maximum atomic E-state index is 6.21. The highest BCUT2D eigenvalue weighted by Crippen LogP contribution is 2.36. The summed E-state index contributed by atoms with van der Waals surface area (Å²) in [6.07, 6.45) is 1.01. The molecule has 0 heterocycles. The van der Waals surface area contributed by atoms with Gasteiger partial charge in [0.05, 0.1) is 8.95 Å². The number of para-hydroxylation sites is 1. The summed E-state index contributed by atoms with van der Waals surface area (Å²) >= 11 is 13.5. The van der Waals surface area contributed by atoms with Gasteiger partial charge in [-0.2, -0.15) is 0 Å². The van der Waals surface area contributed by atoms with E-state index in [-0.39, 0.29) is 0 Å². The molecule has 0 saturated carbocycles. The number of halogens is 3. The number of ether oxygens (including phenoxy) is 1. The van der Waals surface area contributed by atoms with Crippen molar-refractivity contribution in [1.29, 1.82) is 0 Å². The third-order valence-electron chi connectivity index (χ3n) is 4.27. The molecule has 0 aliphatic rings. The summed E-state index contributed by atoms with van der Waals surface area (Å²) < 4.78 is 7.80. The van der Waals surface area contributed by atoms with Crippen LogP contribution in [0.3, 0.4) is 0 Å². The van der Waals surface area contributed by atoms with Crippen LogP contribution in [-0.2, 0) is 19.6 Å². The van der Waals surface area contributed by atoms with Crippen molar-refractivity contribution in [2.75, 3.05) is 5.32 Å². The number of anilines is 1. The van der Waals surface area contributed by atoms with Crippen LogP contribution in [0.4, 0.5) is 5.69 Å². The fourth-order valence-corrected chi connectivity index (χ4v) is 4.52. The Kier molecular flexibility index (Phi) is 7.22. The molecule has 3 rings (SSSR count). The number of rotatable bonds is 7. The summed E-state index contributed by atoms with van der Waals surface area (Å²) in [4.78, 5) is 0. The van der Waals surface area contributed by atoms with Gasteiger partial charge < -0.3 is 10.1 Å². The van der Waals surface area contributed by atoms with Crippen molar-refractivity contribution in [3.63, 3.8) is 0 Å². The lowest BCUT2D eigenvalue weighted by atomic mass is 10.1. The van der Waals surface area contributed by atoms with E-state index in [0.29, 0.717) is 11.6 Å². The molecule has 0 aromatic heterocycles. The number of aryl methyl sites for hydroxylation is 1. The molecule has 140 valence electrons. The minimum atomic E-state index is 0.415. The van der Waals surface area contributed by atoms with E-state index in [0.717, 1.165) is 38.8 Å². The van der Waals surface area contributed by atoms with E-state index in [1.54, 1.807) is 0 Å². The SMILES string of the molecule is CCc1ccccc1NCc1cc(Br)c(OCc2ccccc2Cl)c(Br)c1. The van der Waals surface area contributed by atoms with Crippen molar-refractivity contribution >= 4 is 49.1 Å². The minimum Gasteiger partial charge on any atom is -0.486 e. The summed E-state index contributed by atoms with van der Waals surface area (Å²) in [7, 11) is 0. The van der Waals surface area contributed by atoms with Gasteiger partial charge in [0.15, 0.2) is 0 Å². The summed E-state index contributed by atoms with van der Waals surface area (Å²) in [6, 6.07) is 20.3. The van der Waals surface area contributed by atoms with Gasteiger partial charge in [0, 0.05) is 22.8 Å². The molecule has 0 aliphatic carbocycles. The van der Waals surface area contributed by atoms with Gasteiger partial charge in [-0.25, -0.2) is 0 Å². The third-order valence-corrected chi connectivity index (χ3v) is 5.82. The van der Waals surface area contributed by atoms with Crippen molar-refractivity contribution in [3.05, 3.63) is 91.3 Å². The summed E-state index contributed by atoms with van der Waals surface area (Å²) in [5, 5.41) is 4.23. The predicted octanol–water partition coefficient (Wildman–Crippen LogP) is 7.62. The van der Waals surface area contributed by atoms with Crippen LogP contribution in [0.25, 0.3) is 0 Å². The fraction of sp³-hybridized carbons (Fsp3) is 0.182. The maximum Gasteiger partial charge on any atom is 0.148 e. The summed E-state index contributed by atoms with van der Waals surface area (Å²) in [5.74, 6) is 0.771. The first-order valence-electron chi connectivity index (χ1n) is 8.74. The van der Waals surface area contributed by atoms with Gasteiger partial charge in [-0.15, -0.1) is 0 Å². The molecule has 0 saturated heterocycles. The monoisotopic (exact) mass is 507 g/mol. The second-order valence-corrected chi connectivity index (χ2v) is 8.25. The molecular weight excluding hydrogens is 490 g/mol. The molecule has 0 radical (unpaired) electrons. The van der Waals surface area contributed by atoms with E-state index >= 15 is 0 Å². The van der Waals surface area contributed by atoms with E-state index in [1.165, 1.54) is 11.3 Å². The van der Waals surface area contributed by atoms with Crippen molar-refractivity contribution in [2.45, 2.75) is 26.5 Å². The van der Waals surface area contributed by atoms with Crippen LogP contribution in [0.2, 0.25) is 5.02 Å². The zero-order chi connectivity index (χ0) is 19.2. The summed E-state index contributed by atoms with van der Waals surface area (Å²) in [5.41, 5.74) is 4.60. The van der Waals surface area contributed by atoms with E-state index in [1.807, 2.05) is 24.3 Å². The Balaban J connectivity index is 1.70. The first-order chi connectivity index (χ1) is 13.1. The van der Waals surface area contributed by atoms with Gasteiger partial charge >= 0.3 is 0 Å². The van der Waals surface area contributed by atoms with Crippen molar-refractivity contribution in [1.82, 2.24) is 0 Å². The maximum absolute atomic E-state index is 6.21.